The number of hydrogen-bond acceptors (Lipinski definition) is 7. The molecule has 0 N–H and O–H groups in total. The van der Waals surface area contributed by atoms with Crippen LogP contribution in [-0.4, -0.2) is 61.8 Å². The minimum Gasteiger partial charge on any atom is -0.493 e. The van der Waals surface area contributed by atoms with Crippen LogP contribution in [0.15, 0.2) is 30.3 Å². The van der Waals surface area contributed by atoms with Crippen molar-refractivity contribution in [1.82, 2.24) is 9.37 Å². The molecule has 15 heteroatoms. The fourth-order valence-electron chi connectivity index (χ4n) is 4.88. The van der Waals surface area contributed by atoms with Gasteiger partial charge in [0.05, 0.1) is 18.4 Å². The zero-order chi connectivity index (χ0) is 31.0. The van der Waals surface area contributed by atoms with Crippen molar-refractivity contribution in [1.29, 1.82) is 0 Å². The first kappa shape index (κ1) is 32.3. The predicted octanol–water partition coefficient (Wildman–Crippen LogP) is 6.28. The molecular formula is C27H28Cl2F4N2O6S. The first-order valence-electron chi connectivity index (χ1n) is 13.0. The Bertz CT molecular complexity index is 1450. The number of likely N-dealkylation sites (tertiary alicyclic amines) is 1. The van der Waals surface area contributed by atoms with E-state index in [1.807, 2.05) is 19.1 Å². The number of carbonyl (C=O) groups excluding carboxylic acids is 2. The number of ether oxygens (including phenoxy) is 1. The molecule has 0 unspecified atom stereocenters. The molecule has 230 valence electrons. The lowest BCUT2D eigenvalue weighted by molar-refractivity contribution is -0.216. The van der Waals surface area contributed by atoms with E-state index in [1.165, 1.54) is 0 Å². The van der Waals surface area contributed by atoms with Crippen molar-refractivity contribution in [2.75, 3.05) is 26.0 Å². The Morgan fingerprint density at radius 2 is 1.74 bits per heavy atom. The van der Waals surface area contributed by atoms with E-state index in [-0.39, 0.29) is 30.2 Å². The van der Waals surface area contributed by atoms with Gasteiger partial charge in [-0.1, -0.05) is 27.7 Å². The van der Waals surface area contributed by atoms with Gasteiger partial charge in [-0.05, 0) is 80.5 Å². The Kier molecular flexibility index (Phi) is 9.66. The minimum absolute atomic E-state index is 0.0259. The van der Waals surface area contributed by atoms with Gasteiger partial charge in [-0.2, -0.15) is 13.2 Å². The van der Waals surface area contributed by atoms with Gasteiger partial charge in [-0.25, -0.2) is 17.6 Å². The number of hydrogen-bond donors (Lipinski definition) is 0. The Hall–Kier alpha value is -2.61. The van der Waals surface area contributed by atoms with Gasteiger partial charge in [-0.3, -0.25) is 9.69 Å². The lowest BCUT2D eigenvalue weighted by Crippen LogP contribution is -2.42. The van der Waals surface area contributed by atoms with Crippen LogP contribution in [0.4, 0.5) is 17.6 Å². The van der Waals surface area contributed by atoms with Crippen molar-refractivity contribution in [3.05, 3.63) is 62.9 Å². The van der Waals surface area contributed by atoms with Crippen molar-refractivity contribution in [3.8, 4) is 5.75 Å². The zero-order valence-electron chi connectivity index (χ0n) is 22.6. The van der Waals surface area contributed by atoms with Crippen LogP contribution >= 0.6 is 23.2 Å². The number of amides is 1. The Balaban J connectivity index is 1.50. The van der Waals surface area contributed by atoms with E-state index in [9.17, 15) is 31.2 Å². The monoisotopic (exact) mass is 654 g/mol. The molecule has 1 saturated carbocycles. The van der Waals surface area contributed by atoms with E-state index in [2.05, 4.69) is 9.74 Å². The lowest BCUT2D eigenvalue weighted by atomic mass is 9.95. The maximum atomic E-state index is 15.2. The van der Waals surface area contributed by atoms with Gasteiger partial charge in [0.15, 0.2) is 0 Å². The molecule has 4 rings (SSSR count). The molecule has 0 radical (unpaired) electrons. The number of hydroxylamine groups is 1. The van der Waals surface area contributed by atoms with Crippen molar-refractivity contribution >= 4 is 45.1 Å². The summed E-state index contributed by atoms with van der Waals surface area (Å²) in [5.74, 6) is -5.86. The number of carbonyl (C=O) groups is 2. The maximum absolute atomic E-state index is 15.2. The van der Waals surface area contributed by atoms with Gasteiger partial charge in [-0.15, -0.1) is 0 Å². The molecular weight excluding hydrogens is 627 g/mol. The Morgan fingerprint density at radius 3 is 2.31 bits per heavy atom. The zero-order valence-corrected chi connectivity index (χ0v) is 24.9. The standard InChI is InChI=1S/C27H28Cl2F4N2O6S/c1-15(18-8-19(28)10-20(29)9-18)34-7-3-4-16(13-34)14-40-24-12-23(30)22(11-21(24)17-5-6-17)25(36)35(42(2,38)39)41-26(37)27(31,32)33/h8-12,15-17H,3-7,13-14H2,1-2H3/t15-,16+/m1/s1. The highest BCUT2D eigenvalue weighted by Crippen LogP contribution is 2.45. The molecule has 1 aliphatic carbocycles. The summed E-state index contributed by atoms with van der Waals surface area (Å²) in [5, 5.41) is 1.08. The van der Waals surface area contributed by atoms with Crippen LogP contribution in [0.5, 0.6) is 5.75 Å². The second kappa shape index (κ2) is 12.6. The highest BCUT2D eigenvalue weighted by atomic mass is 35.5. The van der Waals surface area contributed by atoms with Gasteiger partial charge < -0.3 is 9.57 Å². The van der Waals surface area contributed by atoms with E-state index >= 15 is 4.39 Å². The summed E-state index contributed by atoms with van der Waals surface area (Å²) >= 11 is 12.3. The molecule has 2 aliphatic rings. The highest BCUT2D eigenvalue weighted by Gasteiger charge is 2.46. The van der Waals surface area contributed by atoms with Gasteiger partial charge in [0.2, 0.25) is 0 Å². The molecule has 42 heavy (non-hydrogen) atoms. The van der Waals surface area contributed by atoms with Gasteiger partial charge in [0.1, 0.15) is 11.6 Å². The van der Waals surface area contributed by atoms with Gasteiger partial charge >= 0.3 is 18.1 Å². The quantitative estimate of drug-likeness (QED) is 0.244. The summed E-state index contributed by atoms with van der Waals surface area (Å²) in [4.78, 5) is 30.2. The first-order chi connectivity index (χ1) is 19.5. The van der Waals surface area contributed by atoms with Gasteiger partial charge in [0, 0.05) is 34.6 Å². The highest BCUT2D eigenvalue weighted by molar-refractivity contribution is 7.88. The van der Waals surface area contributed by atoms with Crippen molar-refractivity contribution < 1.29 is 45.1 Å². The molecule has 2 atom stereocenters. The normalized spacial score (nSPS) is 18.8. The maximum Gasteiger partial charge on any atom is 0.493 e. The van der Waals surface area contributed by atoms with E-state index in [4.69, 9.17) is 27.9 Å². The minimum atomic E-state index is -5.59. The molecule has 1 saturated heterocycles. The molecule has 1 amide bonds. The number of nitrogens with zero attached hydrogens (tertiary/aromatic N) is 2. The summed E-state index contributed by atoms with van der Waals surface area (Å²) in [5.41, 5.74) is 0.504. The van der Waals surface area contributed by atoms with Gasteiger partial charge in [0.25, 0.3) is 10.0 Å². The average molecular weight is 655 g/mol. The van der Waals surface area contributed by atoms with E-state index < -0.39 is 43.9 Å². The molecule has 0 spiro atoms. The first-order valence-corrected chi connectivity index (χ1v) is 15.6. The lowest BCUT2D eigenvalue weighted by Gasteiger charge is -2.37. The topological polar surface area (TPSA) is 93.2 Å². The SMILES string of the molecule is C[C@H](c1cc(Cl)cc(Cl)c1)N1CCC[C@H](COc2cc(F)c(C(=O)N(OC(=O)C(F)(F)F)S(C)(=O)=O)cc2C2CC2)C1. The Labute approximate surface area is 250 Å². The van der Waals surface area contributed by atoms with Crippen LogP contribution in [0, 0.1) is 11.7 Å². The van der Waals surface area contributed by atoms with Crippen LogP contribution in [0.25, 0.3) is 0 Å². The second-order valence-electron chi connectivity index (χ2n) is 10.5. The smallest absolute Gasteiger partial charge is 0.493 e. The van der Waals surface area contributed by atoms with Crippen molar-refractivity contribution in [2.24, 2.45) is 5.92 Å². The Morgan fingerprint density at radius 1 is 1.10 bits per heavy atom. The average Bonchev–Trinajstić information content (AvgIpc) is 3.73. The van der Waals surface area contributed by atoms with E-state index in [0.29, 0.717) is 41.3 Å². The number of alkyl halides is 3. The van der Waals surface area contributed by atoms with Crippen LogP contribution < -0.4 is 4.74 Å². The number of rotatable bonds is 8. The molecule has 2 aromatic rings. The number of benzene rings is 2. The third-order valence-electron chi connectivity index (χ3n) is 7.15. The largest absolute Gasteiger partial charge is 0.493 e. The predicted molar refractivity (Wildman–Crippen MR) is 146 cm³/mol. The fraction of sp³-hybridized carbons (Fsp3) is 0.481. The van der Waals surface area contributed by atoms with Crippen molar-refractivity contribution in [2.45, 2.75) is 50.7 Å². The molecule has 0 bridgehead atoms. The molecule has 2 aromatic carbocycles. The fourth-order valence-corrected chi connectivity index (χ4v) is 6.02. The summed E-state index contributed by atoms with van der Waals surface area (Å²) < 4.78 is 82.5. The molecule has 0 aromatic heterocycles. The van der Waals surface area contributed by atoms with Crippen LogP contribution in [-0.2, 0) is 19.7 Å². The number of sulfonamides is 1. The third-order valence-corrected chi connectivity index (χ3v) is 8.43. The summed E-state index contributed by atoms with van der Waals surface area (Å²) in [6.07, 6.45) is -2.13. The van der Waals surface area contributed by atoms with Crippen molar-refractivity contribution in [3.63, 3.8) is 0 Å². The van der Waals surface area contributed by atoms with Crippen LogP contribution in [0.3, 0.4) is 0 Å². The van der Waals surface area contributed by atoms with E-state index in [0.717, 1.165) is 37.1 Å². The number of piperidine rings is 1. The van der Waals surface area contributed by atoms with Crippen LogP contribution in [0.2, 0.25) is 10.0 Å². The van der Waals surface area contributed by atoms with Crippen LogP contribution in [0.1, 0.15) is 66.1 Å². The molecule has 8 nitrogen and oxygen atoms in total. The molecule has 1 heterocycles. The molecule has 2 fully saturated rings. The summed E-state index contributed by atoms with van der Waals surface area (Å²) in [6, 6.07) is 7.36. The second-order valence-corrected chi connectivity index (χ2v) is 13.2. The summed E-state index contributed by atoms with van der Waals surface area (Å²) in [7, 11) is -4.85. The summed E-state index contributed by atoms with van der Waals surface area (Å²) in [6.45, 7) is 3.80. The molecule has 1 aliphatic heterocycles. The van der Waals surface area contributed by atoms with E-state index in [1.54, 1.807) is 6.07 Å². The third kappa shape index (κ3) is 7.86. The number of halogens is 6.